The van der Waals surface area contributed by atoms with E-state index >= 15 is 0 Å². The van der Waals surface area contributed by atoms with E-state index in [9.17, 15) is 9.90 Å². The van der Waals surface area contributed by atoms with Gasteiger partial charge in [-0.3, -0.25) is 4.79 Å². The maximum Gasteiger partial charge on any atom is 0.227 e. The molecule has 0 saturated carbocycles. The third kappa shape index (κ3) is 3.63. The molecule has 0 unspecified atom stereocenters. The predicted molar refractivity (Wildman–Crippen MR) is 124 cm³/mol. The molecule has 1 amide bonds. The zero-order valence-electron chi connectivity index (χ0n) is 17.7. The van der Waals surface area contributed by atoms with Crippen LogP contribution < -0.4 is 5.32 Å². The molecular formula is C27H25N3O2. The Labute approximate surface area is 187 Å². The number of nitrogens with zero attached hydrogens (tertiary/aromatic N) is 2. The molecule has 5 rings (SSSR count). The van der Waals surface area contributed by atoms with Gasteiger partial charge in [-0.05, 0) is 52.9 Å². The molecule has 1 saturated heterocycles. The molecule has 5 nitrogen and oxygen atoms in total. The van der Waals surface area contributed by atoms with E-state index in [0.717, 1.165) is 34.4 Å². The summed E-state index contributed by atoms with van der Waals surface area (Å²) < 4.78 is 0. The van der Waals surface area contributed by atoms with Gasteiger partial charge in [0.25, 0.3) is 0 Å². The number of amides is 1. The van der Waals surface area contributed by atoms with Crippen molar-refractivity contribution < 1.29 is 9.90 Å². The van der Waals surface area contributed by atoms with Crippen LogP contribution in [-0.4, -0.2) is 35.1 Å². The van der Waals surface area contributed by atoms with Crippen molar-refractivity contribution in [2.45, 2.75) is 24.9 Å². The van der Waals surface area contributed by atoms with Crippen molar-refractivity contribution >= 4 is 11.6 Å². The molecule has 160 valence electrons. The molecule has 0 radical (unpaired) electrons. The number of carbonyl (C=O) groups excluding carboxylic acids is 1. The van der Waals surface area contributed by atoms with Crippen LogP contribution in [0.25, 0.3) is 11.1 Å². The first kappa shape index (κ1) is 20.3. The van der Waals surface area contributed by atoms with Gasteiger partial charge in [0.1, 0.15) is 0 Å². The molecule has 0 aliphatic carbocycles. The number of hydrogen-bond acceptors (Lipinski definition) is 4. The number of benzene rings is 3. The van der Waals surface area contributed by atoms with Crippen molar-refractivity contribution in [1.82, 2.24) is 4.90 Å². The number of aliphatic hydroxyl groups excluding tert-OH is 1. The van der Waals surface area contributed by atoms with Gasteiger partial charge in [0.05, 0.1) is 36.7 Å². The molecule has 0 bridgehead atoms. The van der Waals surface area contributed by atoms with Crippen LogP contribution in [0.15, 0.2) is 72.8 Å². The summed E-state index contributed by atoms with van der Waals surface area (Å²) in [5.41, 5.74) is 5.81. The molecule has 1 fully saturated rings. The minimum atomic E-state index is -0.0669. The molecule has 3 aromatic carbocycles. The van der Waals surface area contributed by atoms with Crippen LogP contribution in [-0.2, 0) is 11.2 Å². The number of hydrogen-bond donors (Lipinski definition) is 2. The summed E-state index contributed by atoms with van der Waals surface area (Å²) >= 11 is 0. The maximum atomic E-state index is 13.3. The van der Waals surface area contributed by atoms with E-state index < -0.39 is 0 Å². The SMILES string of the molecule is N#Cc1ccc(-c2ccc3c(c2)[C@@H]2[C@@H](CCN2C(=O)Cc2ccccc2)[C@H](CO)N3)cc1. The summed E-state index contributed by atoms with van der Waals surface area (Å²) in [6, 6.07) is 25.7. The zero-order chi connectivity index (χ0) is 22.1. The lowest BCUT2D eigenvalue weighted by Crippen LogP contribution is -2.43. The number of fused-ring (bicyclic) bond motifs is 3. The van der Waals surface area contributed by atoms with Crippen LogP contribution in [0.1, 0.15) is 29.2 Å². The smallest absolute Gasteiger partial charge is 0.227 e. The summed E-state index contributed by atoms with van der Waals surface area (Å²) in [6.07, 6.45) is 1.25. The van der Waals surface area contributed by atoms with E-state index in [0.29, 0.717) is 18.5 Å². The normalized spacial score (nSPS) is 21.2. The van der Waals surface area contributed by atoms with Crippen LogP contribution >= 0.6 is 0 Å². The minimum Gasteiger partial charge on any atom is -0.394 e. The molecule has 2 N–H and O–H groups in total. The van der Waals surface area contributed by atoms with Gasteiger partial charge in [-0.1, -0.05) is 48.5 Å². The number of nitriles is 1. The summed E-state index contributed by atoms with van der Waals surface area (Å²) in [4.78, 5) is 15.3. The fourth-order valence-corrected chi connectivity index (χ4v) is 5.13. The molecule has 2 heterocycles. The molecule has 0 spiro atoms. The summed E-state index contributed by atoms with van der Waals surface area (Å²) in [7, 11) is 0. The van der Waals surface area contributed by atoms with E-state index in [1.54, 1.807) is 0 Å². The van der Waals surface area contributed by atoms with Crippen molar-refractivity contribution in [3.05, 3.63) is 89.5 Å². The Balaban J connectivity index is 1.50. The Morgan fingerprint density at radius 3 is 2.53 bits per heavy atom. The maximum absolute atomic E-state index is 13.3. The fraction of sp³-hybridized carbons (Fsp3) is 0.259. The second kappa shape index (κ2) is 8.49. The molecule has 2 aliphatic rings. The van der Waals surface area contributed by atoms with Gasteiger partial charge in [0, 0.05) is 18.2 Å². The highest BCUT2D eigenvalue weighted by Crippen LogP contribution is 2.47. The Hall–Kier alpha value is -3.62. The highest BCUT2D eigenvalue weighted by molar-refractivity contribution is 5.81. The Kier molecular flexibility index (Phi) is 5.38. The van der Waals surface area contributed by atoms with Gasteiger partial charge < -0.3 is 15.3 Å². The van der Waals surface area contributed by atoms with Crippen molar-refractivity contribution in [3.8, 4) is 17.2 Å². The molecule has 2 aliphatic heterocycles. The van der Waals surface area contributed by atoms with Gasteiger partial charge >= 0.3 is 0 Å². The Bertz CT molecular complexity index is 1170. The highest BCUT2D eigenvalue weighted by Gasteiger charge is 2.45. The number of aliphatic hydroxyl groups is 1. The van der Waals surface area contributed by atoms with E-state index in [1.807, 2.05) is 71.6 Å². The van der Waals surface area contributed by atoms with E-state index in [2.05, 4.69) is 17.5 Å². The Morgan fingerprint density at radius 1 is 1.06 bits per heavy atom. The third-order valence-electron chi connectivity index (χ3n) is 6.74. The molecule has 0 aromatic heterocycles. The van der Waals surface area contributed by atoms with Gasteiger partial charge in [-0.2, -0.15) is 5.26 Å². The number of anilines is 1. The van der Waals surface area contributed by atoms with Gasteiger partial charge in [0.15, 0.2) is 0 Å². The van der Waals surface area contributed by atoms with Crippen LogP contribution in [0.4, 0.5) is 5.69 Å². The quantitative estimate of drug-likeness (QED) is 0.661. The number of rotatable bonds is 4. The summed E-state index contributed by atoms with van der Waals surface area (Å²) in [5.74, 6) is 0.292. The van der Waals surface area contributed by atoms with Crippen molar-refractivity contribution in [2.75, 3.05) is 18.5 Å². The van der Waals surface area contributed by atoms with Crippen LogP contribution in [0, 0.1) is 17.2 Å². The van der Waals surface area contributed by atoms with Crippen molar-refractivity contribution in [1.29, 1.82) is 5.26 Å². The van der Waals surface area contributed by atoms with Crippen LogP contribution in [0.3, 0.4) is 0 Å². The average molecular weight is 424 g/mol. The summed E-state index contributed by atoms with van der Waals surface area (Å²) in [6.45, 7) is 0.735. The average Bonchev–Trinajstić information content (AvgIpc) is 3.30. The number of carbonyl (C=O) groups is 1. The first-order valence-electron chi connectivity index (χ1n) is 11.0. The first-order valence-corrected chi connectivity index (χ1v) is 11.0. The second-order valence-corrected chi connectivity index (χ2v) is 8.57. The molecule has 3 aromatic rings. The molecular weight excluding hydrogens is 398 g/mol. The minimum absolute atomic E-state index is 0.0404. The van der Waals surface area contributed by atoms with Crippen LogP contribution in [0.5, 0.6) is 0 Å². The number of likely N-dealkylation sites (tertiary alicyclic amines) is 1. The highest BCUT2D eigenvalue weighted by atomic mass is 16.3. The molecule has 5 heteroatoms. The van der Waals surface area contributed by atoms with Crippen molar-refractivity contribution in [2.24, 2.45) is 5.92 Å². The Morgan fingerprint density at radius 2 is 1.81 bits per heavy atom. The first-order chi connectivity index (χ1) is 15.7. The van der Waals surface area contributed by atoms with Gasteiger partial charge in [-0.15, -0.1) is 0 Å². The van der Waals surface area contributed by atoms with E-state index in [-0.39, 0.29) is 30.5 Å². The predicted octanol–water partition coefficient (Wildman–Crippen LogP) is 4.14. The van der Waals surface area contributed by atoms with Gasteiger partial charge in [-0.25, -0.2) is 0 Å². The lowest BCUT2D eigenvalue weighted by Gasteiger charge is -2.39. The largest absolute Gasteiger partial charge is 0.394 e. The summed E-state index contributed by atoms with van der Waals surface area (Å²) in [5, 5.41) is 22.6. The lowest BCUT2D eigenvalue weighted by molar-refractivity contribution is -0.131. The third-order valence-corrected chi connectivity index (χ3v) is 6.74. The molecule has 3 atom stereocenters. The van der Waals surface area contributed by atoms with Crippen LogP contribution in [0.2, 0.25) is 0 Å². The molecule has 32 heavy (non-hydrogen) atoms. The second-order valence-electron chi connectivity index (χ2n) is 8.57. The zero-order valence-corrected chi connectivity index (χ0v) is 17.7. The monoisotopic (exact) mass is 423 g/mol. The van der Waals surface area contributed by atoms with Gasteiger partial charge in [0.2, 0.25) is 5.91 Å². The standard InChI is InChI=1S/C27H25N3O2/c28-16-19-6-8-20(9-7-19)21-10-11-24-23(15-21)27-22(25(17-31)29-24)12-13-30(27)26(32)14-18-4-2-1-3-5-18/h1-11,15,22,25,27,29,31H,12-14,17H2/t22-,25-,27-/m0/s1. The lowest BCUT2D eigenvalue weighted by atomic mass is 9.82. The van der Waals surface area contributed by atoms with E-state index in [1.165, 1.54) is 0 Å². The van der Waals surface area contributed by atoms with E-state index in [4.69, 9.17) is 5.26 Å². The van der Waals surface area contributed by atoms with Crippen molar-refractivity contribution in [3.63, 3.8) is 0 Å². The fourth-order valence-electron chi connectivity index (χ4n) is 5.13. The number of nitrogens with one attached hydrogen (secondary N) is 1. The topological polar surface area (TPSA) is 76.4 Å².